The van der Waals surface area contributed by atoms with Crippen molar-refractivity contribution < 1.29 is 32.6 Å². The first-order chi connectivity index (χ1) is 12.8. The number of alkyl halides is 3. The molecule has 1 aromatic rings. The highest BCUT2D eigenvalue weighted by molar-refractivity contribution is 7.15. The van der Waals surface area contributed by atoms with Gasteiger partial charge in [0.15, 0.2) is 5.13 Å². The number of thiazole rings is 1. The summed E-state index contributed by atoms with van der Waals surface area (Å²) in [5, 5.41) is 14.0. The molecule has 1 amide bonds. The van der Waals surface area contributed by atoms with E-state index in [1.54, 1.807) is 11.3 Å². The maximum atomic E-state index is 12.0. The summed E-state index contributed by atoms with van der Waals surface area (Å²) in [5.74, 6) is -2.59. The van der Waals surface area contributed by atoms with Crippen molar-refractivity contribution in [3.63, 3.8) is 0 Å². The lowest BCUT2D eigenvalue weighted by Crippen LogP contribution is -2.35. The number of aliphatic carboxylic acids is 1. The lowest BCUT2D eigenvalue weighted by atomic mass is 10.1. The van der Waals surface area contributed by atoms with Gasteiger partial charge in [0.05, 0.1) is 19.1 Å². The van der Waals surface area contributed by atoms with E-state index in [1.165, 1.54) is 4.88 Å². The summed E-state index contributed by atoms with van der Waals surface area (Å²) in [6.07, 6.45) is -2.31. The molecule has 0 saturated carbocycles. The molecule has 0 aromatic carbocycles. The van der Waals surface area contributed by atoms with Gasteiger partial charge in [0, 0.05) is 37.3 Å². The second-order valence-electron chi connectivity index (χ2n) is 6.00. The summed E-state index contributed by atoms with van der Waals surface area (Å²) in [6, 6.07) is 0. The first-order valence-electron chi connectivity index (χ1n) is 8.32. The first kappa shape index (κ1) is 21.5. The highest BCUT2D eigenvalue weighted by Gasteiger charge is 2.38. The molecule has 27 heavy (non-hydrogen) atoms. The molecule has 0 spiro atoms. The monoisotopic (exact) mass is 410 g/mol. The molecule has 1 unspecified atom stereocenters. The highest BCUT2D eigenvalue weighted by atomic mass is 32.1. The van der Waals surface area contributed by atoms with Crippen molar-refractivity contribution in [1.82, 2.24) is 15.2 Å². The molecule has 152 valence electrons. The quantitative estimate of drug-likeness (QED) is 0.684. The van der Waals surface area contributed by atoms with E-state index in [0.29, 0.717) is 5.13 Å². The topological polar surface area (TPSA) is 104 Å². The standard InChI is InChI=1S/C13H20N4O2S.C2HF3O2/c18-12(10-1-2-14-7-10)16-13-15-8-11(20-13)9-17-3-5-19-6-4-17;3-2(4,5)1(6)7/h8,10,14H,1-7,9H2,(H,15,16,18);(H,6,7). The smallest absolute Gasteiger partial charge is 0.475 e. The molecule has 1 aromatic heterocycles. The van der Waals surface area contributed by atoms with Gasteiger partial charge in [0.1, 0.15) is 0 Å². The number of nitrogens with zero attached hydrogens (tertiary/aromatic N) is 2. The fourth-order valence-electron chi connectivity index (χ4n) is 2.50. The number of anilines is 1. The molecule has 12 heteroatoms. The molecule has 3 N–H and O–H groups in total. The van der Waals surface area contributed by atoms with Crippen LogP contribution < -0.4 is 10.6 Å². The summed E-state index contributed by atoms with van der Waals surface area (Å²) in [4.78, 5) is 28.7. The number of ether oxygens (including phenoxy) is 1. The molecule has 2 aliphatic heterocycles. The van der Waals surface area contributed by atoms with E-state index in [-0.39, 0.29) is 11.8 Å². The number of carbonyl (C=O) groups excluding carboxylic acids is 1. The maximum Gasteiger partial charge on any atom is 0.490 e. The van der Waals surface area contributed by atoms with Crippen LogP contribution in [0.3, 0.4) is 0 Å². The minimum atomic E-state index is -5.08. The Labute approximate surface area is 157 Å². The molecule has 0 aliphatic carbocycles. The van der Waals surface area contributed by atoms with E-state index < -0.39 is 12.1 Å². The molecule has 2 saturated heterocycles. The molecule has 8 nitrogen and oxygen atoms in total. The van der Waals surface area contributed by atoms with Crippen LogP contribution in [0.2, 0.25) is 0 Å². The van der Waals surface area contributed by atoms with Crippen LogP contribution in [0.5, 0.6) is 0 Å². The van der Waals surface area contributed by atoms with Crippen molar-refractivity contribution in [3.8, 4) is 0 Å². The Morgan fingerprint density at radius 1 is 1.41 bits per heavy atom. The zero-order chi connectivity index (χ0) is 19.9. The number of hydrogen-bond acceptors (Lipinski definition) is 7. The zero-order valence-corrected chi connectivity index (χ0v) is 15.2. The van der Waals surface area contributed by atoms with Gasteiger partial charge in [-0.3, -0.25) is 9.69 Å². The maximum absolute atomic E-state index is 12.0. The van der Waals surface area contributed by atoms with Crippen molar-refractivity contribution in [2.24, 2.45) is 5.92 Å². The minimum absolute atomic E-state index is 0.0848. The number of aromatic nitrogens is 1. The molecule has 3 heterocycles. The third-order valence-electron chi connectivity index (χ3n) is 3.94. The Morgan fingerprint density at radius 2 is 2.07 bits per heavy atom. The molecular formula is C15H21F3N4O4S. The number of carboxylic acid groups (broad SMARTS) is 1. The second-order valence-corrected chi connectivity index (χ2v) is 7.12. The lowest BCUT2D eigenvalue weighted by Gasteiger charge is -2.25. The van der Waals surface area contributed by atoms with Crippen LogP contribution in [-0.4, -0.2) is 72.4 Å². The molecule has 0 bridgehead atoms. The van der Waals surface area contributed by atoms with Gasteiger partial charge in [-0.25, -0.2) is 9.78 Å². The van der Waals surface area contributed by atoms with E-state index >= 15 is 0 Å². The summed E-state index contributed by atoms with van der Waals surface area (Å²) in [6.45, 7) is 6.13. The fraction of sp³-hybridized carbons (Fsp3) is 0.667. The SMILES string of the molecule is O=C(Nc1ncc(CN2CCOCC2)s1)C1CCNC1.O=C(O)C(F)(F)F. The van der Waals surface area contributed by atoms with E-state index in [2.05, 4.69) is 20.5 Å². The first-order valence-corrected chi connectivity index (χ1v) is 9.14. The van der Waals surface area contributed by atoms with Gasteiger partial charge in [-0.15, -0.1) is 11.3 Å². The molecule has 2 fully saturated rings. The van der Waals surface area contributed by atoms with Crippen LogP contribution >= 0.6 is 11.3 Å². The number of carbonyl (C=O) groups is 2. The number of hydrogen-bond donors (Lipinski definition) is 3. The van der Waals surface area contributed by atoms with Crippen LogP contribution in [0.15, 0.2) is 6.20 Å². The predicted molar refractivity (Wildman–Crippen MR) is 91.5 cm³/mol. The van der Waals surface area contributed by atoms with Gasteiger partial charge >= 0.3 is 12.1 Å². The van der Waals surface area contributed by atoms with E-state index in [1.807, 2.05) is 6.20 Å². The van der Waals surface area contributed by atoms with Gasteiger partial charge in [0.2, 0.25) is 5.91 Å². The van der Waals surface area contributed by atoms with E-state index in [4.69, 9.17) is 14.6 Å². The van der Waals surface area contributed by atoms with Crippen molar-refractivity contribution in [2.75, 3.05) is 44.7 Å². The normalized spacial score (nSPS) is 20.6. The van der Waals surface area contributed by atoms with Crippen LogP contribution in [0, 0.1) is 5.92 Å². The molecule has 1 atom stereocenters. The largest absolute Gasteiger partial charge is 0.490 e. The van der Waals surface area contributed by atoms with Crippen molar-refractivity contribution in [3.05, 3.63) is 11.1 Å². The molecule has 2 aliphatic rings. The third-order valence-corrected chi connectivity index (χ3v) is 4.84. The molecule has 3 rings (SSSR count). The summed E-state index contributed by atoms with van der Waals surface area (Å²) in [5.41, 5.74) is 0. The van der Waals surface area contributed by atoms with E-state index in [9.17, 15) is 18.0 Å². The van der Waals surface area contributed by atoms with E-state index in [0.717, 1.165) is 52.4 Å². The fourth-order valence-corrected chi connectivity index (χ4v) is 3.36. The van der Waals surface area contributed by atoms with Crippen LogP contribution in [-0.2, 0) is 20.9 Å². The van der Waals surface area contributed by atoms with Crippen molar-refractivity contribution in [1.29, 1.82) is 0 Å². The summed E-state index contributed by atoms with van der Waals surface area (Å²) < 4.78 is 37.1. The third kappa shape index (κ3) is 7.40. The number of amides is 1. The zero-order valence-electron chi connectivity index (χ0n) is 14.4. The van der Waals surface area contributed by atoms with Gasteiger partial charge in [-0.1, -0.05) is 0 Å². The summed E-state index contributed by atoms with van der Waals surface area (Å²) in [7, 11) is 0. The Balaban J connectivity index is 0.000000321. The number of nitrogens with one attached hydrogen (secondary N) is 2. The molecule has 0 radical (unpaired) electrons. The Kier molecular flexibility index (Phi) is 7.95. The molecular weight excluding hydrogens is 389 g/mol. The van der Waals surface area contributed by atoms with Gasteiger partial charge < -0.3 is 20.5 Å². The average molecular weight is 410 g/mol. The predicted octanol–water partition coefficient (Wildman–Crippen LogP) is 1.16. The minimum Gasteiger partial charge on any atom is -0.475 e. The number of rotatable bonds is 4. The average Bonchev–Trinajstić information content (AvgIpc) is 3.27. The Hall–Kier alpha value is -1.76. The van der Waals surface area contributed by atoms with Crippen LogP contribution in [0.4, 0.5) is 18.3 Å². The van der Waals surface area contributed by atoms with Crippen LogP contribution in [0.1, 0.15) is 11.3 Å². The van der Waals surface area contributed by atoms with Gasteiger partial charge in [-0.05, 0) is 13.0 Å². The Bertz CT molecular complexity index is 629. The van der Waals surface area contributed by atoms with Gasteiger partial charge in [0.25, 0.3) is 0 Å². The number of halogens is 3. The highest BCUT2D eigenvalue weighted by Crippen LogP contribution is 2.21. The second kappa shape index (κ2) is 9.97. The Morgan fingerprint density at radius 3 is 2.63 bits per heavy atom. The van der Waals surface area contributed by atoms with Crippen molar-refractivity contribution >= 4 is 28.3 Å². The van der Waals surface area contributed by atoms with Crippen molar-refractivity contribution in [2.45, 2.75) is 19.1 Å². The van der Waals surface area contributed by atoms with Gasteiger partial charge in [-0.2, -0.15) is 13.2 Å². The van der Waals surface area contributed by atoms with Crippen LogP contribution in [0.25, 0.3) is 0 Å². The lowest BCUT2D eigenvalue weighted by molar-refractivity contribution is -0.192. The number of carboxylic acids is 1. The number of morpholine rings is 1. The summed E-state index contributed by atoms with van der Waals surface area (Å²) >= 11 is 1.57.